The van der Waals surface area contributed by atoms with Gasteiger partial charge in [0.25, 0.3) is 5.91 Å². The van der Waals surface area contributed by atoms with E-state index < -0.39 is 6.04 Å². The third-order valence-corrected chi connectivity index (χ3v) is 6.86. The minimum absolute atomic E-state index is 0.0368. The Balaban J connectivity index is 1.25. The highest BCUT2D eigenvalue weighted by Gasteiger charge is 2.41. The number of hydrogen-bond donors (Lipinski definition) is 2. The van der Waals surface area contributed by atoms with Crippen molar-refractivity contribution in [3.8, 4) is 5.75 Å². The minimum Gasteiger partial charge on any atom is -0.497 e. The zero-order chi connectivity index (χ0) is 26.5. The van der Waals surface area contributed by atoms with Crippen LogP contribution in [0.25, 0.3) is 0 Å². The topological polar surface area (TPSA) is 126 Å². The number of carbonyl (C=O) groups is 3. The lowest BCUT2D eigenvalue weighted by molar-refractivity contribution is -0.125. The van der Waals surface area contributed by atoms with Crippen molar-refractivity contribution in [2.45, 2.75) is 25.4 Å². The Morgan fingerprint density at radius 3 is 2.79 bits per heavy atom. The quantitative estimate of drug-likeness (QED) is 0.434. The second-order valence-corrected chi connectivity index (χ2v) is 9.46. The summed E-state index contributed by atoms with van der Waals surface area (Å²) in [5.74, 6) is 1.09. The molecule has 2 N–H and O–H groups in total. The van der Waals surface area contributed by atoms with Crippen molar-refractivity contribution in [2.24, 2.45) is 9.98 Å². The lowest BCUT2D eigenvalue weighted by Gasteiger charge is -2.25. The number of thioether (sulfide) groups is 1. The molecule has 38 heavy (non-hydrogen) atoms. The van der Waals surface area contributed by atoms with Gasteiger partial charge < -0.3 is 19.8 Å². The molecule has 1 atom stereocenters. The molecule has 0 spiro atoms. The average Bonchev–Trinajstić information content (AvgIpc) is 3.57. The summed E-state index contributed by atoms with van der Waals surface area (Å²) in [6, 6.07) is 17.3. The predicted molar refractivity (Wildman–Crippen MR) is 145 cm³/mol. The number of aliphatic imine (C=N–C) groups is 2. The van der Waals surface area contributed by atoms with Crippen LogP contribution in [0, 0.1) is 0 Å². The molecule has 10 nitrogen and oxygen atoms in total. The van der Waals surface area contributed by atoms with Gasteiger partial charge in [-0.3, -0.25) is 19.4 Å². The Morgan fingerprint density at radius 1 is 1.11 bits per heavy atom. The Kier molecular flexibility index (Phi) is 7.55. The first-order chi connectivity index (χ1) is 18.5. The van der Waals surface area contributed by atoms with Crippen LogP contribution in [0.15, 0.2) is 81.3 Å². The van der Waals surface area contributed by atoms with E-state index in [1.165, 1.54) is 4.90 Å². The lowest BCUT2D eigenvalue weighted by atomic mass is 10.1. The van der Waals surface area contributed by atoms with Crippen LogP contribution in [-0.2, 0) is 20.9 Å². The number of amides is 3. The maximum absolute atomic E-state index is 13.4. The first kappa shape index (κ1) is 25.3. The van der Waals surface area contributed by atoms with Crippen molar-refractivity contribution >= 4 is 51.9 Å². The third kappa shape index (κ3) is 5.62. The van der Waals surface area contributed by atoms with E-state index in [2.05, 4.69) is 20.6 Å². The molecule has 0 saturated carbocycles. The summed E-state index contributed by atoms with van der Waals surface area (Å²) in [5, 5.41) is 5.99. The number of methoxy groups -OCH3 is 1. The van der Waals surface area contributed by atoms with E-state index >= 15 is 0 Å². The number of rotatable bonds is 9. The van der Waals surface area contributed by atoms with Gasteiger partial charge in [0.2, 0.25) is 11.8 Å². The SMILES string of the molecule is COc1cccc(NC(=O)CSC2=Nc3ccccc3C3=N[C@@H](CCC(=O)NCc4ccco4)C(=O)N23)c1. The molecule has 0 saturated heterocycles. The number of carbonyl (C=O) groups excluding carboxylic acids is 3. The number of ether oxygens (including phenoxy) is 1. The van der Waals surface area contributed by atoms with Gasteiger partial charge >= 0.3 is 0 Å². The molecule has 3 heterocycles. The second kappa shape index (κ2) is 11.3. The van der Waals surface area contributed by atoms with Crippen LogP contribution in [0.1, 0.15) is 24.2 Å². The minimum atomic E-state index is -0.720. The van der Waals surface area contributed by atoms with Gasteiger partial charge in [-0.25, -0.2) is 9.89 Å². The van der Waals surface area contributed by atoms with Crippen molar-refractivity contribution in [1.29, 1.82) is 0 Å². The van der Waals surface area contributed by atoms with Gasteiger partial charge in [0, 0.05) is 23.7 Å². The molecule has 0 fully saturated rings. The second-order valence-electron chi connectivity index (χ2n) is 8.52. The van der Waals surface area contributed by atoms with Gasteiger partial charge in [-0.2, -0.15) is 0 Å². The summed E-state index contributed by atoms with van der Waals surface area (Å²) in [7, 11) is 1.56. The standard InChI is InChI=1S/C27H25N5O5S/c1-36-18-7-4-6-17(14-18)29-24(34)16-38-27-31-21-10-3-2-9-20(21)25-30-22(26(35)32(25)27)11-12-23(33)28-15-19-8-5-13-37-19/h2-10,13-14,22H,11-12,15-16H2,1H3,(H,28,33)(H,29,34)/t22-/m0/s1. The highest BCUT2D eigenvalue weighted by molar-refractivity contribution is 8.14. The molecule has 194 valence electrons. The van der Waals surface area contributed by atoms with Crippen LogP contribution >= 0.6 is 11.8 Å². The third-order valence-electron chi connectivity index (χ3n) is 5.92. The van der Waals surface area contributed by atoms with E-state index in [-0.39, 0.29) is 42.9 Å². The number of furan rings is 1. The van der Waals surface area contributed by atoms with Gasteiger partial charge in [-0.15, -0.1) is 0 Å². The number of fused-ring (bicyclic) bond motifs is 3. The van der Waals surface area contributed by atoms with Gasteiger partial charge in [-0.1, -0.05) is 30.0 Å². The molecule has 0 radical (unpaired) electrons. The van der Waals surface area contributed by atoms with E-state index in [1.54, 1.807) is 49.8 Å². The summed E-state index contributed by atoms with van der Waals surface area (Å²) in [6.07, 6.45) is 1.92. The Bertz CT molecular complexity index is 1420. The fraction of sp³-hybridized carbons (Fsp3) is 0.222. The smallest absolute Gasteiger partial charge is 0.259 e. The van der Waals surface area contributed by atoms with Crippen molar-refractivity contribution in [3.05, 3.63) is 78.3 Å². The van der Waals surface area contributed by atoms with Crippen LogP contribution in [0.2, 0.25) is 0 Å². The molecule has 1 aromatic heterocycles. The first-order valence-electron chi connectivity index (χ1n) is 12.0. The summed E-state index contributed by atoms with van der Waals surface area (Å²) in [4.78, 5) is 49.1. The molecule has 0 bridgehead atoms. The molecule has 2 aliphatic rings. The number of nitrogens with one attached hydrogen (secondary N) is 2. The van der Waals surface area contributed by atoms with E-state index in [4.69, 9.17) is 9.15 Å². The number of para-hydroxylation sites is 1. The zero-order valence-electron chi connectivity index (χ0n) is 20.5. The summed E-state index contributed by atoms with van der Waals surface area (Å²) in [5.41, 5.74) is 2.01. The van der Waals surface area contributed by atoms with Crippen LogP contribution in [0.4, 0.5) is 11.4 Å². The maximum atomic E-state index is 13.4. The lowest BCUT2D eigenvalue weighted by Crippen LogP contribution is -2.41. The number of amidine groups is 2. The van der Waals surface area contributed by atoms with Crippen LogP contribution in [0.3, 0.4) is 0 Å². The fourth-order valence-corrected chi connectivity index (χ4v) is 4.87. The monoisotopic (exact) mass is 531 g/mol. The van der Waals surface area contributed by atoms with Crippen molar-refractivity contribution in [2.75, 3.05) is 18.2 Å². The predicted octanol–water partition coefficient (Wildman–Crippen LogP) is 3.72. The Labute approximate surface area is 223 Å². The van der Waals surface area contributed by atoms with Gasteiger partial charge in [0.05, 0.1) is 31.4 Å². The van der Waals surface area contributed by atoms with Crippen molar-refractivity contribution < 1.29 is 23.5 Å². The molecule has 2 aliphatic heterocycles. The Hall–Kier alpha value is -4.38. The van der Waals surface area contributed by atoms with Crippen molar-refractivity contribution in [3.63, 3.8) is 0 Å². The van der Waals surface area contributed by atoms with E-state index in [9.17, 15) is 14.4 Å². The summed E-state index contributed by atoms with van der Waals surface area (Å²) >= 11 is 1.15. The highest BCUT2D eigenvalue weighted by Crippen LogP contribution is 2.34. The van der Waals surface area contributed by atoms with Gasteiger partial charge in [0.15, 0.2) is 5.17 Å². The molecule has 3 amide bonds. The maximum Gasteiger partial charge on any atom is 0.259 e. The summed E-state index contributed by atoms with van der Waals surface area (Å²) < 4.78 is 10.4. The molecular weight excluding hydrogens is 506 g/mol. The number of hydrogen-bond acceptors (Lipinski definition) is 8. The molecular formula is C27H25N5O5S. The Morgan fingerprint density at radius 2 is 1.97 bits per heavy atom. The molecule has 0 unspecified atom stereocenters. The first-order valence-corrected chi connectivity index (χ1v) is 13.0. The number of nitrogens with zero attached hydrogens (tertiary/aromatic N) is 3. The van der Waals surface area contributed by atoms with Crippen LogP contribution < -0.4 is 15.4 Å². The van der Waals surface area contributed by atoms with Crippen LogP contribution in [0.5, 0.6) is 5.75 Å². The number of benzene rings is 2. The molecule has 11 heteroatoms. The van der Waals surface area contributed by atoms with Gasteiger partial charge in [-0.05, 0) is 42.8 Å². The summed E-state index contributed by atoms with van der Waals surface area (Å²) in [6.45, 7) is 0.281. The molecule has 0 aliphatic carbocycles. The zero-order valence-corrected chi connectivity index (χ0v) is 21.4. The normalized spacial score (nSPS) is 15.8. The number of anilines is 1. The van der Waals surface area contributed by atoms with Crippen LogP contribution in [-0.4, -0.2) is 52.5 Å². The van der Waals surface area contributed by atoms with Crippen molar-refractivity contribution in [1.82, 2.24) is 10.2 Å². The van der Waals surface area contributed by atoms with E-state index in [0.29, 0.717) is 33.9 Å². The van der Waals surface area contributed by atoms with Gasteiger partial charge in [0.1, 0.15) is 23.4 Å². The average molecular weight is 532 g/mol. The largest absolute Gasteiger partial charge is 0.497 e. The molecule has 2 aromatic carbocycles. The molecule has 3 aromatic rings. The highest BCUT2D eigenvalue weighted by atomic mass is 32.2. The fourth-order valence-electron chi connectivity index (χ4n) is 4.07. The molecule has 5 rings (SSSR count). The van der Waals surface area contributed by atoms with E-state index in [1.807, 2.05) is 24.3 Å². The van der Waals surface area contributed by atoms with E-state index in [0.717, 1.165) is 17.3 Å².